The summed E-state index contributed by atoms with van der Waals surface area (Å²) in [5.41, 5.74) is 2.89. The quantitative estimate of drug-likeness (QED) is 0.635. The predicted octanol–water partition coefficient (Wildman–Crippen LogP) is 4.41. The lowest BCUT2D eigenvalue weighted by molar-refractivity contribution is 0.0432. The predicted molar refractivity (Wildman–Crippen MR) is 136 cm³/mol. The number of hydrogen-bond donors (Lipinski definition) is 1. The minimum absolute atomic E-state index is 0.0129. The Kier molecular flexibility index (Phi) is 5.66. The van der Waals surface area contributed by atoms with E-state index in [1.54, 1.807) is 32.4 Å². The number of hydrogen-bond acceptors (Lipinski definition) is 4. The monoisotopic (exact) mass is 487 g/mol. The maximum atomic E-state index is 13.7. The molecular formula is C29H33N3O4. The summed E-state index contributed by atoms with van der Waals surface area (Å²) >= 11 is 0. The standard InChI is InChI=1S/C29H33N3O4/c1-35-25-11-9-21(15-26(25)36-2)27(33)32-13-12-31(18-24(32)20-6-4-3-5-7-20)28(34)30-29-16-19-8-10-23(29)22(14-19)17-29/h3-7,9-11,15,19,22,24H,8,12-14,16-18H2,1-2H3,(H,30,34). The number of benzene rings is 2. The molecule has 3 amide bonds. The highest BCUT2D eigenvalue weighted by Gasteiger charge is 2.57. The summed E-state index contributed by atoms with van der Waals surface area (Å²) in [6, 6.07) is 15.0. The summed E-state index contributed by atoms with van der Waals surface area (Å²) < 4.78 is 10.8. The van der Waals surface area contributed by atoms with Gasteiger partial charge in [-0.3, -0.25) is 4.79 Å². The number of carbonyl (C=O) groups is 2. The van der Waals surface area contributed by atoms with E-state index < -0.39 is 0 Å². The van der Waals surface area contributed by atoms with Crippen molar-refractivity contribution in [1.82, 2.24) is 15.1 Å². The molecule has 5 aliphatic rings. The number of allylic oxidation sites excluding steroid dienone is 1. The molecule has 4 aliphatic carbocycles. The zero-order chi connectivity index (χ0) is 24.9. The highest BCUT2D eigenvalue weighted by Crippen LogP contribution is 2.59. The van der Waals surface area contributed by atoms with Crippen LogP contribution in [0.2, 0.25) is 0 Å². The van der Waals surface area contributed by atoms with Crippen LogP contribution in [0.15, 0.2) is 60.2 Å². The van der Waals surface area contributed by atoms with Gasteiger partial charge in [-0.2, -0.15) is 0 Å². The zero-order valence-corrected chi connectivity index (χ0v) is 20.9. The van der Waals surface area contributed by atoms with Gasteiger partial charge in [0.25, 0.3) is 5.91 Å². The Hall–Kier alpha value is -3.48. The molecule has 2 aromatic rings. The van der Waals surface area contributed by atoms with Crippen molar-refractivity contribution in [1.29, 1.82) is 0 Å². The van der Waals surface area contributed by atoms with Crippen LogP contribution in [-0.2, 0) is 0 Å². The van der Waals surface area contributed by atoms with Gasteiger partial charge in [0.1, 0.15) is 0 Å². The van der Waals surface area contributed by atoms with E-state index >= 15 is 0 Å². The molecule has 1 aliphatic heterocycles. The molecule has 36 heavy (non-hydrogen) atoms. The molecule has 0 radical (unpaired) electrons. The number of amides is 3. The number of nitrogens with zero attached hydrogens (tertiary/aromatic N) is 2. The molecule has 3 fully saturated rings. The average molecular weight is 488 g/mol. The van der Waals surface area contributed by atoms with E-state index in [1.165, 1.54) is 12.0 Å². The van der Waals surface area contributed by atoms with Crippen molar-refractivity contribution in [2.75, 3.05) is 33.9 Å². The Bertz CT molecular complexity index is 1210. The fourth-order valence-electron chi connectivity index (χ4n) is 6.90. The van der Waals surface area contributed by atoms with Gasteiger partial charge in [-0.05, 0) is 66.9 Å². The SMILES string of the molecule is COc1ccc(C(=O)N2CCN(C(=O)NC34CC5CC=C3C(C5)C4)CC2c2ccccc2)cc1OC. The third kappa shape index (κ3) is 3.72. The molecule has 1 N–H and O–H groups in total. The smallest absolute Gasteiger partial charge is 0.318 e. The van der Waals surface area contributed by atoms with Crippen molar-refractivity contribution < 1.29 is 19.1 Å². The van der Waals surface area contributed by atoms with Gasteiger partial charge in [0, 0.05) is 25.2 Å². The van der Waals surface area contributed by atoms with Gasteiger partial charge in [0.15, 0.2) is 11.5 Å². The van der Waals surface area contributed by atoms with E-state index in [2.05, 4.69) is 11.4 Å². The van der Waals surface area contributed by atoms with E-state index in [0.717, 1.165) is 24.8 Å². The van der Waals surface area contributed by atoms with Gasteiger partial charge in [0.05, 0.1) is 25.8 Å². The van der Waals surface area contributed by atoms with E-state index in [0.29, 0.717) is 48.5 Å². The first-order valence-electron chi connectivity index (χ1n) is 12.9. The molecule has 7 nitrogen and oxygen atoms in total. The second-order valence-corrected chi connectivity index (χ2v) is 10.6. The van der Waals surface area contributed by atoms with E-state index in [4.69, 9.17) is 9.47 Å². The summed E-state index contributed by atoms with van der Waals surface area (Å²) in [7, 11) is 3.14. The van der Waals surface area contributed by atoms with Crippen LogP contribution in [0.3, 0.4) is 0 Å². The Morgan fingerprint density at radius 3 is 2.50 bits per heavy atom. The molecule has 4 unspecified atom stereocenters. The van der Waals surface area contributed by atoms with E-state index in [1.807, 2.05) is 40.1 Å². The molecule has 188 valence electrons. The fourth-order valence-corrected chi connectivity index (χ4v) is 6.90. The number of fused-ring (bicyclic) bond motifs is 1. The number of urea groups is 1. The lowest BCUT2D eigenvalue weighted by Crippen LogP contribution is -2.67. The highest BCUT2D eigenvalue weighted by molar-refractivity contribution is 5.95. The summed E-state index contributed by atoms with van der Waals surface area (Å²) in [6.07, 6.45) is 6.97. The number of methoxy groups -OCH3 is 2. The van der Waals surface area contributed by atoms with E-state index in [9.17, 15) is 9.59 Å². The second kappa shape index (κ2) is 8.87. The van der Waals surface area contributed by atoms with Crippen molar-refractivity contribution in [2.45, 2.75) is 37.3 Å². The zero-order valence-electron chi connectivity index (χ0n) is 20.9. The van der Waals surface area contributed by atoms with Gasteiger partial charge in [-0.1, -0.05) is 36.4 Å². The molecule has 4 bridgehead atoms. The maximum absolute atomic E-state index is 13.7. The molecule has 4 atom stereocenters. The van der Waals surface area contributed by atoms with Crippen LogP contribution in [-0.4, -0.2) is 61.1 Å². The first-order valence-corrected chi connectivity index (χ1v) is 12.9. The molecule has 0 spiro atoms. The van der Waals surface area contributed by atoms with E-state index in [-0.39, 0.29) is 23.5 Å². The first kappa shape index (κ1) is 23.0. The van der Waals surface area contributed by atoms with Crippen molar-refractivity contribution in [2.24, 2.45) is 11.8 Å². The van der Waals surface area contributed by atoms with Crippen molar-refractivity contribution >= 4 is 11.9 Å². The number of rotatable bonds is 5. The number of ether oxygens (including phenoxy) is 2. The largest absolute Gasteiger partial charge is 0.493 e. The first-order chi connectivity index (χ1) is 17.5. The van der Waals surface area contributed by atoms with Gasteiger partial charge in [-0.15, -0.1) is 0 Å². The minimum atomic E-state index is -0.236. The Labute approximate surface area is 212 Å². The number of carbonyl (C=O) groups excluding carboxylic acids is 2. The third-order valence-corrected chi connectivity index (χ3v) is 8.60. The van der Waals surface area contributed by atoms with Gasteiger partial charge in [0.2, 0.25) is 0 Å². The Morgan fingerprint density at radius 2 is 1.81 bits per heavy atom. The molecular weight excluding hydrogens is 454 g/mol. The lowest BCUT2D eigenvalue weighted by atomic mass is 9.49. The molecule has 1 saturated heterocycles. The van der Waals surface area contributed by atoms with Crippen molar-refractivity contribution in [3.63, 3.8) is 0 Å². The molecule has 2 aromatic carbocycles. The van der Waals surface area contributed by atoms with Crippen LogP contribution < -0.4 is 14.8 Å². The molecule has 7 rings (SSSR count). The molecule has 2 saturated carbocycles. The maximum Gasteiger partial charge on any atom is 0.318 e. The molecule has 0 aromatic heterocycles. The number of nitrogens with one attached hydrogen (secondary N) is 1. The summed E-state index contributed by atoms with van der Waals surface area (Å²) in [5, 5.41) is 3.42. The summed E-state index contributed by atoms with van der Waals surface area (Å²) in [6.45, 7) is 1.41. The van der Waals surface area contributed by atoms with Gasteiger partial charge in [-0.25, -0.2) is 4.79 Å². The van der Waals surface area contributed by atoms with Gasteiger partial charge >= 0.3 is 6.03 Å². The van der Waals surface area contributed by atoms with Crippen LogP contribution >= 0.6 is 0 Å². The van der Waals surface area contributed by atoms with Crippen molar-refractivity contribution in [3.05, 3.63) is 71.3 Å². The van der Waals surface area contributed by atoms with Crippen LogP contribution in [0.4, 0.5) is 4.79 Å². The highest BCUT2D eigenvalue weighted by atomic mass is 16.5. The van der Waals surface area contributed by atoms with Crippen molar-refractivity contribution in [3.8, 4) is 11.5 Å². The normalized spacial score (nSPS) is 28.2. The van der Waals surface area contributed by atoms with Crippen LogP contribution in [0, 0.1) is 11.8 Å². The van der Waals surface area contributed by atoms with Gasteiger partial charge < -0.3 is 24.6 Å². The Morgan fingerprint density at radius 1 is 1.00 bits per heavy atom. The second-order valence-electron chi connectivity index (χ2n) is 10.6. The number of piperazine rings is 1. The summed E-state index contributed by atoms with van der Waals surface area (Å²) in [5.74, 6) is 2.39. The van der Waals surface area contributed by atoms with Crippen LogP contribution in [0.5, 0.6) is 11.5 Å². The van der Waals surface area contributed by atoms with Crippen LogP contribution in [0.25, 0.3) is 0 Å². The molecule has 7 heteroatoms. The average Bonchev–Trinajstić information content (AvgIpc) is 2.92. The van der Waals surface area contributed by atoms with Crippen LogP contribution in [0.1, 0.15) is 47.6 Å². The Balaban J connectivity index is 1.23. The topological polar surface area (TPSA) is 71.1 Å². The minimum Gasteiger partial charge on any atom is -0.493 e. The third-order valence-electron chi connectivity index (χ3n) is 8.60. The lowest BCUT2D eigenvalue weighted by Gasteiger charge is -2.61. The molecule has 1 heterocycles. The fraction of sp³-hybridized carbons (Fsp3) is 0.448. The summed E-state index contributed by atoms with van der Waals surface area (Å²) in [4.78, 5) is 31.0.